The second-order valence-electron chi connectivity index (χ2n) is 8.65. The summed E-state index contributed by atoms with van der Waals surface area (Å²) in [6, 6.07) is 9.97. The van der Waals surface area contributed by atoms with Gasteiger partial charge in [-0.2, -0.15) is 0 Å². The van der Waals surface area contributed by atoms with Crippen LogP contribution >= 0.6 is 11.3 Å². The second-order valence-corrected chi connectivity index (χ2v) is 9.65. The summed E-state index contributed by atoms with van der Waals surface area (Å²) in [4.78, 5) is 31.2. The highest BCUT2D eigenvalue weighted by atomic mass is 32.1. The minimum absolute atomic E-state index is 0.0105. The van der Waals surface area contributed by atoms with Crippen molar-refractivity contribution in [1.29, 1.82) is 0 Å². The van der Waals surface area contributed by atoms with E-state index in [2.05, 4.69) is 11.4 Å². The molecule has 2 heterocycles. The Morgan fingerprint density at radius 1 is 1.19 bits per heavy atom. The monoisotopic (exact) mass is 442 g/mol. The summed E-state index contributed by atoms with van der Waals surface area (Å²) in [6.07, 6.45) is 1.67. The van der Waals surface area contributed by atoms with Crippen molar-refractivity contribution >= 4 is 23.2 Å². The Morgan fingerprint density at radius 3 is 2.55 bits per heavy atom. The van der Waals surface area contributed by atoms with Gasteiger partial charge in [-0.15, -0.1) is 11.3 Å². The number of nitrogens with zero attached hydrogens (tertiary/aromatic N) is 2. The molecule has 0 unspecified atom stereocenters. The summed E-state index contributed by atoms with van der Waals surface area (Å²) in [7, 11) is 0. The predicted octanol–water partition coefficient (Wildman–Crippen LogP) is 4.84. The highest BCUT2D eigenvalue weighted by Gasteiger charge is 2.34. The molecule has 0 saturated heterocycles. The smallest absolute Gasteiger partial charge is 0.242 e. The fraction of sp³-hybridized carbons (Fsp3) is 0.520. The van der Waals surface area contributed by atoms with Crippen molar-refractivity contribution in [1.82, 2.24) is 9.80 Å². The fourth-order valence-corrected chi connectivity index (χ4v) is 4.85. The van der Waals surface area contributed by atoms with Crippen LogP contribution in [0, 0.1) is 12.8 Å². The zero-order valence-electron chi connectivity index (χ0n) is 19.3. The van der Waals surface area contributed by atoms with Gasteiger partial charge in [0.1, 0.15) is 18.9 Å². The Labute approximate surface area is 190 Å². The molecule has 3 rings (SSSR count). The number of rotatable bonds is 8. The minimum atomic E-state index is -0.142. The SMILES string of the molecule is CC[C@@H](C)N(CC(=O)N1CCc2sccc2[C@H]1COc1ccc(C)cc1)C(=O)C(C)C. The average molecular weight is 443 g/mol. The number of ether oxygens (including phenoxy) is 1. The molecule has 2 aromatic rings. The number of thiophene rings is 1. The Balaban J connectivity index is 1.79. The van der Waals surface area contributed by atoms with E-state index in [0.29, 0.717) is 13.2 Å². The van der Waals surface area contributed by atoms with Crippen LogP contribution in [0.5, 0.6) is 5.75 Å². The van der Waals surface area contributed by atoms with Crippen LogP contribution in [0.2, 0.25) is 0 Å². The number of benzene rings is 1. The van der Waals surface area contributed by atoms with E-state index in [9.17, 15) is 9.59 Å². The van der Waals surface area contributed by atoms with E-state index in [0.717, 1.165) is 18.6 Å². The van der Waals surface area contributed by atoms with Crippen LogP contribution in [0.1, 0.15) is 56.2 Å². The highest BCUT2D eigenvalue weighted by molar-refractivity contribution is 7.10. The predicted molar refractivity (Wildman–Crippen MR) is 125 cm³/mol. The largest absolute Gasteiger partial charge is 0.491 e. The lowest BCUT2D eigenvalue weighted by Crippen LogP contribution is -2.50. The van der Waals surface area contributed by atoms with Gasteiger partial charge in [-0.3, -0.25) is 9.59 Å². The highest BCUT2D eigenvalue weighted by Crippen LogP contribution is 2.34. The van der Waals surface area contributed by atoms with Gasteiger partial charge in [-0.25, -0.2) is 0 Å². The molecule has 0 radical (unpaired) electrons. The second kappa shape index (κ2) is 10.3. The molecule has 168 valence electrons. The van der Waals surface area contributed by atoms with E-state index in [1.54, 1.807) is 16.2 Å². The van der Waals surface area contributed by atoms with E-state index in [1.165, 1.54) is 16.0 Å². The Hall–Kier alpha value is -2.34. The summed E-state index contributed by atoms with van der Waals surface area (Å²) in [5.74, 6) is 0.691. The zero-order chi connectivity index (χ0) is 22.5. The molecule has 0 saturated carbocycles. The van der Waals surface area contributed by atoms with E-state index in [-0.39, 0.29) is 36.4 Å². The number of carbonyl (C=O) groups is 2. The molecule has 0 fully saturated rings. The van der Waals surface area contributed by atoms with Crippen LogP contribution in [0.3, 0.4) is 0 Å². The lowest BCUT2D eigenvalue weighted by molar-refractivity contribution is -0.146. The molecule has 2 atom stereocenters. The summed E-state index contributed by atoms with van der Waals surface area (Å²) >= 11 is 1.74. The van der Waals surface area contributed by atoms with Crippen molar-refractivity contribution < 1.29 is 14.3 Å². The van der Waals surface area contributed by atoms with Gasteiger partial charge in [0, 0.05) is 23.4 Å². The number of fused-ring (bicyclic) bond motifs is 1. The van der Waals surface area contributed by atoms with Gasteiger partial charge in [0.05, 0.1) is 6.04 Å². The molecule has 1 aliphatic heterocycles. The number of hydrogen-bond donors (Lipinski definition) is 0. The minimum Gasteiger partial charge on any atom is -0.491 e. The average Bonchev–Trinajstić information content (AvgIpc) is 3.24. The first-order valence-electron chi connectivity index (χ1n) is 11.2. The van der Waals surface area contributed by atoms with Crippen LogP contribution in [-0.2, 0) is 16.0 Å². The lowest BCUT2D eigenvalue weighted by Gasteiger charge is -2.38. The van der Waals surface area contributed by atoms with Crippen molar-refractivity contribution in [3.05, 3.63) is 51.7 Å². The number of amides is 2. The quantitative estimate of drug-likeness (QED) is 0.588. The van der Waals surface area contributed by atoms with E-state index < -0.39 is 0 Å². The molecule has 0 spiro atoms. The van der Waals surface area contributed by atoms with Gasteiger partial charge in [-0.1, -0.05) is 38.5 Å². The normalized spacial score (nSPS) is 16.7. The fourth-order valence-electron chi connectivity index (χ4n) is 3.92. The standard InChI is InChI=1S/C25H34N2O3S/c1-6-19(5)27(25(29)17(2)3)15-24(28)26-13-11-23-21(12-14-31-23)22(26)16-30-20-9-7-18(4)8-10-20/h7-10,12,14,17,19,22H,6,11,13,15-16H2,1-5H3/t19-,22-/m1/s1. The molecule has 0 N–H and O–H groups in total. The molecular weight excluding hydrogens is 408 g/mol. The lowest BCUT2D eigenvalue weighted by atomic mass is 10.00. The first kappa shape index (κ1) is 23.3. The summed E-state index contributed by atoms with van der Waals surface area (Å²) in [6.45, 7) is 11.1. The van der Waals surface area contributed by atoms with Crippen LogP contribution < -0.4 is 4.74 Å². The van der Waals surface area contributed by atoms with Gasteiger partial charge in [0.2, 0.25) is 11.8 Å². The maximum Gasteiger partial charge on any atom is 0.242 e. The third kappa shape index (κ3) is 5.48. The molecule has 1 aliphatic rings. The Bertz CT molecular complexity index is 890. The summed E-state index contributed by atoms with van der Waals surface area (Å²) in [5.41, 5.74) is 2.35. The number of hydrogen-bond acceptors (Lipinski definition) is 4. The topological polar surface area (TPSA) is 49.9 Å². The molecule has 1 aromatic heterocycles. The molecule has 6 heteroatoms. The van der Waals surface area contributed by atoms with Gasteiger partial charge >= 0.3 is 0 Å². The van der Waals surface area contributed by atoms with Gasteiger partial charge in [-0.05, 0) is 55.8 Å². The Morgan fingerprint density at radius 2 is 1.90 bits per heavy atom. The van der Waals surface area contributed by atoms with Crippen LogP contribution in [0.4, 0.5) is 0 Å². The maximum atomic E-state index is 13.4. The van der Waals surface area contributed by atoms with E-state index in [4.69, 9.17) is 4.74 Å². The first-order valence-corrected chi connectivity index (χ1v) is 12.1. The molecule has 5 nitrogen and oxygen atoms in total. The van der Waals surface area contributed by atoms with Crippen molar-refractivity contribution in [2.24, 2.45) is 5.92 Å². The van der Waals surface area contributed by atoms with Gasteiger partial charge < -0.3 is 14.5 Å². The Kier molecular flexibility index (Phi) is 7.76. The zero-order valence-corrected chi connectivity index (χ0v) is 20.1. The van der Waals surface area contributed by atoms with Crippen molar-refractivity contribution in [2.45, 2.75) is 59.5 Å². The number of aryl methyl sites for hydroxylation is 1. The van der Waals surface area contributed by atoms with Gasteiger partial charge in [0.15, 0.2) is 0 Å². The van der Waals surface area contributed by atoms with Gasteiger partial charge in [0.25, 0.3) is 0 Å². The molecule has 2 amide bonds. The van der Waals surface area contributed by atoms with Crippen molar-refractivity contribution in [3.8, 4) is 5.75 Å². The molecule has 0 aliphatic carbocycles. The number of carbonyl (C=O) groups excluding carboxylic acids is 2. The molecular formula is C25H34N2O3S. The third-order valence-corrected chi connectivity index (χ3v) is 7.05. The third-order valence-electron chi connectivity index (χ3n) is 6.05. The molecule has 0 bridgehead atoms. The molecule has 31 heavy (non-hydrogen) atoms. The maximum absolute atomic E-state index is 13.4. The summed E-state index contributed by atoms with van der Waals surface area (Å²) < 4.78 is 6.10. The van der Waals surface area contributed by atoms with Crippen LogP contribution in [0.15, 0.2) is 35.7 Å². The van der Waals surface area contributed by atoms with Crippen LogP contribution in [0.25, 0.3) is 0 Å². The van der Waals surface area contributed by atoms with Crippen molar-refractivity contribution in [2.75, 3.05) is 19.7 Å². The molecule has 1 aromatic carbocycles. The van der Waals surface area contributed by atoms with Crippen LogP contribution in [-0.4, -0.2) is 47.4 Å². The van der Waals surface area contributed by atoms with E-state index >= 15 is 0 Å². The summed E-state index contributed by atoms with van der Waals surface area (Å²) in [5, 5.41) is 2.09. The van der Waals surface area contributed by atoms with E-state index in [1.807, 2.05) is 63.8 Å². The first-order chi connectivity index (χ1) is 14.8. The van der Waals surface area contributed by atoms with Crippen molar-refractivity contribution in [3.63, 3.8) is 0 Å².